The maximum absolute atomic E-state index is 13.0. The summed E-state index contributed by atoms with van der Waals surface area (Å²) >= 11 is 0. The fourth-order valence-corrected chi connectivity index (χ4v) is 3.57. The average molecular weight is 415 g/mol. The Labute approximate surface area is 177 Å². The minimum atomic E-state index is -0.107. The number of hydrogen-bond donors (Lipinski definition) is 1. The Balaban J connectivity index is 1.66. The van der Waals surface area contributed by atoms with Gasteiger partial charge in [-0.05, 0) is 24.7 Å². The predicted molar refractivity (Wildman–Crippen MR) is 114 cm³/mol. The summed E-state index contributed by atoms with van der Waals surface area (Å²) in [5.74, 6) is 2.79. The van der Waals surface area contributed by atoms with Crippen LogP contribution in [0.3, 0.4) is 0 Å². The third kappa shape index (κ3) is 4.93. The molecule has 3 rings (SSSR count). The quantitative estimate of drug-likeness (QED) is 0.743. The zero-order chi connectivity index (χ0) is 21.7. The molecule has 0 bridgehead atoms. The minimum absolute atomic E-state index is 0.107. The van der Waals surface area contributed by atoms with Crippen molar-refractivity contribution in [1.29, 1.82) is 0 Å². The van der Waals surface area contributed by atoms with Gasteiger partial charge in [0.05, 0.1) is 27.0 Å². The number of carbonyl (C=O) groups is 1. The Morgan fingerprint density at radius 3 is 2.43 bits per heavy atom. The molecular weight excluding hydrogens is 384 g/mol. The van der Waals surface area contributed by atoms with Crippen molar-refractivity contribution in [3.05, 3.63) is 35.8 Å². The van der Waals surface area contributed by atoms with Crippen LogP contribution >= 0.6 is 0 Å². The molecule has 1 aliphatic rings. The number of rotatable bonds is 7. The summed E-state index contributed by atoms with van der Waals surface area (Å²) in [4.78, 5) is 23.3. The predicted octanol–water partition coefficient (Wildman–Crippen LogP) is 3.13. The topological polar surface area (TPSA) is 99.8 Å². The molecule has 1 aliphatic heterocycles. The van der Waals surface area contributed by atoms with Crippen molar-refractivity contribution in [2.75, 3.05) is 39.6 Å². The van der Waals surface area contributed by atoms with E-state index < -0.39 is 0 Å². The van der Waals surface area contributed by atoms with Gasteiger partial charge in [0.1, 0.15) is 17.3 Å². The van der Waals surface area contributed by atoms with Crippen LogP contribution in [0.1, 0.15) is 48.7 Å². The van der Waals surface area contributed by atoms with Crippen LogP contribution in [0.25, 0.3) is 0 Å². The van der Waals surface area contributed by atoms with Gasteiger partial charge in [0.2, 0.25) is 0 Å². The summed E-state index contributed by atoms with van der Waals surface area (Å²) in [6.45, 7) is 5.95. The van der Waals surface area contributed by atoms with E-state index in [9.17, 15) is 4.79 Å². The van der Waals surface area contributed by atoms with E-state index in [2.05, 4.69) is 23.8 Å². The first-order valence-corrected chi connectivity index (χ1v) is 10.2. The smallest absolute Gasteiger partial charge is 0.272 e. The molecule has 0 aromatic carbocycles. The molecule has 0 unspecified atom stereocenters. The van der Waals surface area contributed by atoms with Crippen LogP contribution in [0.4, 0.5) is 5.82 Å². The number of nitrogens with two attached hydrogens (primary N) is 1. The number of anilines is 1. The van der Waals surface area contributed by atoms with Crippen molar-refractivity contribution in [1.82, 2.24) is 14.9 Å². The summed E-state index contributed by atoms with van der Waals surface area (Å²) in [6, 6.07) is 3.39. The number of ether oxygens (including phenoxy) is 3. The molecule has 0 saturated carbocycles. The van der Waals surface area contributed by atoms with Gasteiger partial charge in [0.25, 0.3) is 5.91 Å². The van der Waals surface area contributed by atoms with Crippen LogP contribution in [0, 0.1) is 5.92 Å². The van der Waals surface area contributed by atoms with E-state index >= 15 is 0 Å². The Kier molecular flexibility index (Phi) is 6.97. The van der Waals surface area contributed by atoms with Crippen LogP contribution in [0.15, 0.2) is 24.5 Å². The molecular formula is C22H30N4O4. The first-order chi connectivity index (χ1) is 14.4. The van der Waals surface area contributed by atoms with Gasteiger partial charge in [-0.25, -0.2) is 9.97 Å². The van der Waals surface area contributed by atoms with Crippen molar-refractivity contribution in [3.8, 4) is 17.2 Å². The minimum Gasteiger partial charge on any atom is -0.496 e. The number of hydrogen-bond acceptors (Lipinski definition) is 7. The lowest BCUT2D eigenvalue weighted by Crippen LogP contribution is -2.38. The second-order valence-electron chi connectivity index (χ2n) is 7.84. The van der Waals surface area contributed by atoms with Gasteiger partial charge in [-0.1, -0.05) is 13.8 Å². The SMILES string of the molecule is COc1cc(C(=O)N2CCC(c3cnc(N)cc3OC)CC2)ncc1OCC(C)C. The van der Waals surface area contributed by atoms with Gasteiger partial charge in [0, 0.05) is 37.0 Å². The van der Waals surface area contributed by atoms with Crippen LogP contribution < -0.4 is 19.9 Å². The standard InChI is InChI=1S/C22H30N4O4/c1-14(2)13-30-20-12-24-17(9-19(20)29-4)22(27)26-7-5-15(6-8-26)16-11-25-21(23)10-18(16)28-3/h9-12,14-15H,5-8,13H2,1-4H3,(H2,23,25). The van der Waals surface area contributed by atoms with Crippen LogP contribution in [-0.4, -0.2) is 54.7 Å². The molecule has 162 valence electrons. The number of likely N-dealkylation sites (tertiary alicyclic amines) is 1. The molecule has 30 heavy (non-hydrogen) atoms. The third-order valence-electron chi connectivity index (χ3n) is 5.20. The molecule has 8 nitrogen and oxygen atoms in total. The van der Waals surface area contributed by atoms with Gasteiger partial charge in [-0.3, -0.25) is 4.79 Å². The zero-order valence-corrected chi connectivity index (χ0v) is 18.1. The molecule has 0 aliphatic carbocycles. The number of pyridine rings is 2. The fourth-order valence-electron chi connectivity index (χ4n) is 3.57. The van der Waals surface area contributed by atoms with Crippen LogP contribution in [0.5, 0.6) is 17.2 Å². The second-order valence-corrected chi connectivity index (χ2v) is 7.84. The number of carbonyl (C=O) groups excluding carboxylic acids is 1. The van der Waals surface area contributed by atoms with Gasteiger partial charge in [-0.2, -0.15) is 0 Å². The Bertz CT molecular complexity index is 879. The third-order valence-corrected chi connectivity index (χ3v) is 5.20. The average Bonchev–Trinajstić information content (AvgIpc) is 2.77. The molecule has 1 amide bonds. The molecule has 2 aromatic rings. The largest absolute Gasteiger partial charge is 0.496 e. The summed E-state index contributed by atoms with van der Waals surface area (Å²) < 4.78 is 16.6. The molecule has 0 radical (unpaired) electrons. The second kappa shape index (κ2) is 9.65. The molecule has 3 heterocycles. The van der Waals surface area contributed by atoms with E-state index in [1.807, 2.05) is 4.90 Å². The summed E-state index contributed by atoms with van der Waals surface area (Å²) in [6.07, 6.45) is 4.98. The number of piperidine rings is 1. The lowest BCUT2D eigenvalue weighted by atomic mass is 9.89. The molecule has 1 saturated heterocycles. The number of aromatic nitrogens is 2. The number of methoxy groups -OCH3 is 2. The van der Waals surface area contributed by atoms with Crippen molar-refractivity contribution < 1.29 is 19.0 Å². The van der Waals surface area contributed by atoms with E-state index in [1.54, 1.807) is 38.7 Å². The van der Waals surface area contributed by atoms with E-state index in [-0.39, 0.29) is 11.8 Å². The number of amides is 1. The molecule has 1 fully saturated rings. The van der Waals surface area contributed by atoms with Gasteiger partial charge >= 0.3 is 0 Å². The van der Waals surface area contributed by atoms with E-state index in [0.717, 1.165) is 24.2 Å². The zero-order valence-electron chi connectivity index (χ0n) is 18.1. The van der Waals surface area contributed by atoms with Gasteiger partial charge in [-0.15, -0.1) is 0 Å². The molecule has 0 spiro atoms. The van der Waals surface area contributed by atoms with Crippen molar-refractivity contribution in [3.63, 3.8) is 0 Å². The first kappa shape index (κ1) is 21.7. The normalized spacial score (nSPS) is 14.6. The molecule has 2 N–H and O–H groups in total. The maximum Gasteiger partial charge on any atom is 0.272 e. The van der Waals surface area contributed by atoms with Crippen LogP contribution in [-0.2, 0) is 0 Å². The van der Waals surface area contributed by atoms with Crippen molar-refractivity contribution >= 4 is 11.7 Å². The highest BCUT2D eigenvalue weighted by atomic mass is 16.5. The van der Waals surface area contributed by atoms with Gasteiger partial charge in [0.15, 0.2) is 11.5 Å². The van der Waals surface area contributed by atoms with Crippen molar-refractivity contribution in [2.24, 2.45) is 5.92 Å². The number of nitrogens with zero attached hydrogens (tertiary/aromatic N) is 3. The van der Waals surface area contributed by atoms with E-state index in [4.69, 9.17) is 19.9 Å². The lowest BCUT2D eigenvalue weighted by molar-refractivity contribution is 0.0706. The highest BCUT2D eigenvalue weighted by Crippen LogP contribution is 2.35. The molecule has 2 aromatic heterocycles. The monoisotopic (exact) mass is 414 g/mol. The number of nitrogen functional groups attached to an aromatic ring is 1. The fraction of sp³-hybridized carbons (Fsp3) is 0.500. The van der Waals surface area contributed by atoms with E-state index in [1.165, 1.54) is 0 Å². The maximum atomic E-state index is 13.0. The van der Waals surface area contributed by atoms with Crippen LogP contribution in [0.2, 0.25) is 0 Å². The summed E-state index contributed by atoms with van der Waals surface area (Å²) in [7, 11) is 3.19. The first-order valence-electron chi connectivity index (χ1n) is 10.2. The Hall–Kier alpha value is -3.03. The molecule has 8 heteroatoms. The lowest BCUT2D eigenvalue weighted by Gasteiger charge is -2.32. The Morgan fingerprint density at radius 1 is 1.10 bits per heavy atom. The molecule has 0 atom stereocenters. The highest BCUT2D eigenvalue weighted by Gasteiger charge is 2.27. The van der Waals surface area contributed by atoms with E-state index in [0.29, 0.717) is 48.6 Å². The van der Waals surface area contributed by atoms with Crippen molar-refractivity contribution in [2.45, 2.75) is 32.6 Å². The Morgan fingerprint density at radius 2 is 1.80 bits per heavy atom. The highest BCUT2D eigenvalue weighted by molar-refractivity contribution is 5.93. The van der Waals surface area contributed by atoms with Gasteiger partial charge < -0.3 is 24.8 Å². The summed E-state index contributed by atoms with van der Waals surface area (Å²) in [5, 5.41) is 0. The summed E-state index contributed by atoms with van der Waals surface area (Å²) in [5.41, 5.74) is 7.14.